The molecule has 1 heterocycles. The number of rotatable bonds is 5. The number of nitrogens with one attached hydrogen (secondary N) is 1. The lowest BCUT2D eigenvalue weighted by Crippen LogP contribution is -2.31. The van der Waals surface area contributed by atoms with E-state index in [-0.39, 0.29) is 10.6 Å². The lowest BCUT2D eigenvalue weighted by molar-refractivity contribution is 0.0976. The molecule has 1 amide bonds. The molecule has 0 aliphatic carbocycles. The first-order chi connectivity index (χ1) is 12.8. The van der Waals surface area contributed by atoms with Gasteiger partial charge in [0.2, 0.25) is 0 Å². The molecule has 0 bridgehead atoms. The zero-order valence-electron chi connectivity index (χ0n) is 14.5. The second-order valence-corrected chi connectivity index (χ2v) is 7.83. The van der Waals surface area contributed by atoms with Gasteiger partial charge in [0.05, 0.1) is 12.0 Å². The van der Waals surface area contributed by atoms with Gasteiger partial charge in [-0.3, -0.25) is 4.79 Å². The fourth-order valence-corrected chi connectivity index (χ4v) is 3.49. The van der Waals surface area contributed by atoms with Gasteiger partial charge >= 0.3 is 0 Å². The second kappa shape index (κ2) is 7.42. The molecule has 1 N–H and O–H groups in total. The number of ether oxygens (including phenoxy) is 1. The molecule has 0 saturated carbocycles. The van der Waals surface area contributed by atoms with Crippen molar-refractivity contribution in [1.82, 2.24) is 14.5 Å². The summed E-state index contributed by atoms with van der Waals surface area (Å²) in [5.74, 6) is -0.264. The van der Waals surface area contributed by atoms with Crippen molar-refractivity contribution in [3.63, 3.8) is 0 Å². The maximum absolute atomic E-state index is 12.3. The Kier molecular flexibility index (Phi) is 5.20. The predicted octanol–water partition coefficient (Wildman–Crippen LogP) is 2.96. The van der Waals surface area contributed by atoms with Crippen LogP contribution in [0, 0.1) is 6.92 Å². The van der Waals surface area contributed by atoms with Crippen LogP contribution in [0.1, 0.15) is 16.1 Å². The average Bonchev–Trinajstić information content (AvgIpc) is 3.12. The largest absolute Gasteiger partial charge is 0.494 e. The minimum atomic E-state index is -4.03. The number of carbonyl (C=O) groups is 1. The molecule has 7 nitrogen and oxygen atoms in total. The Balaban J connectivity index is 1.85. The first-order valence-corrected chi connectivity index (χ1v) is 9.70. The number of hydrogen-bond acceptors (Lipinski definition) is 5. The van der Waals surface area contributed by atoms with Gasteiger partial charge in [-0.1, -0.05) is 17.7 Å². The van der Waals surface area contributed by atoms with Crippen LogP contribution in [0.15, 0.2) is 59.6 Å². The monoisotopic (exact) mass is 405 g/mol. The lowest BCUT2D eigenvalue weighted by Gasteiger charge is -2.09. The first-order valence-electron chi connectivity index (χ1n) is 7.83. The van der Waals surface area contributed by atoms with E-state index in [1.807, 2.05) is 23.8 Å². The van der Waals surface area contributed by atoms with E-state index >= 15 is 0 Å². The van der Waals surface area contributed by atoms with Gasteiger partial charge in [-0.2, -0.15) is 5.10 Å². The number of nitrogens with zero attached hydrogens (tertiary/aromatic N) is 2. The normalized spacial score (nSPS) is 11.2. The number of carbonyl (C=O) groups excluding carboxylic acids is 1. The molecule has 0 atom stereocenters. The van der Waals surface area contributed by atoms with E-state index in [9.17, 15) is 13.2 Å². The van der Waals surface area contributed by atoms with E-state index in [2.05, 4.69) is 5.10 Å². The first kappa shape index (κ1) is 18.9. The molecule has 0 saturated heterocycles. The molecule has 0 fully saturated rings. The molecule has 0 aliphatic rings. The summed E-state index contributed by atoms with van der Waals surface area (Å²) in [4.78, 5) is 12.3. The Bertz CT molecular complexity index is 1090. The molecule has 1 aromatic heterocycles. The highest BCUT2D eigenvalue weighted by molar-refractivity contribution is 7.90. The van der Waals surface area contributed by atoms with Crippen LogP contribution >= 0.6 is 11.6 Å². The number of hydrogen-bond donors (Lipinski definition) is 1. The molecular formula is C18H16ClN3O4S. The molecule has 140 valence electrons. The van der Waals surface area contributed by atoms with Crippen LogP contribution in [0.25, 0.3) is 5.69 Å². The van der Waals surface area contributed by atoms with Crippen LogP contribution in [-0.2, 0) is 10.0 Å². The topological polar surface area (TPSA) is 90.3 Å². The summed E-state index contributed by atoms with van der Waals surface area (Å²) in [6, 6.07) is 12.4. The number of methoxy groups -OCH3 is 1. The molecule has 3 rings (SSSR count). The van der Waals surface area contributed by atoms with Crippen molar-refractivity contribution in [3.05, 3.63) is 71.0 Å². The van der Waals surface area contributed by atoms with Crippen LogP contribution in [-0.4, -0.2) is 31.2 Å². The fourth-order valence-electron chi connectivity index (χ4n) is 2.41. The van der Waals surface area contributed by atoms with Crippen molar-refractivity contribution in [2.45, 2.75) is 11.8 Å². The number of halogens is 1. The van der Waals surface area contributed by atoms with Crippen molar-refractivity contribution in [3.8, 4) is 11.4 Å². The predicted molar refractivity (Wildman–Crippen MR) is 101 cm³/mol. The quantitative estimate of drug-likeness (QED) is 0.704. The van der Waals surface area contributed by atoms with Gasteiger partial charge in [-0.25, -0.2) is 17.8 Å². The molecule has 9 heteroatoms. The van der Waals surface area contributed by atoms with Crippen molar-refractivity contribution < 1.29 is 17.9 Å². The Labute approximate surface area is 161 Å². The number of amides is 1. The Morgan fingerprint density at radius 3 is 2.52 bits per heavy atom. The zero-order chi connectivity index (χ0) is 19.6. The number of aromatic nitrogens is 2. The summed E-state index contributed by atoms with van der Waals surface area (Å²) in [6.45, 7) is 1.92. The Hall–Kier alpha value is -2.84. The Morgan fingerprint density at radius 2 is 1.85 bits per heavy atom. The minimum Gasteiger partial charge on any atom is -0.494 e. The molecular weight excluding hydrogens is 390 g/mol. The molecule has 3 aromatic rings. The third-order valence-corrected chi connectivity index (χ3v) is 5.35. The molecule has 0 aliphatic heterocycles. The highest BCUT2D eigenvalue weighted by Gasteiger charge is 2.21. The zero-order valence-corrected chi connectivity index (χ0v) is 16.1. The van der Waals surface area contributed by atoms with Crippen molar-refractivity contribution in [2.75, 3.05) is 7.11 Å². The Morgan fingerprint density at radius 1 is 1.15 bits per heavy atom. The highest BCUT2D eigenvalue weighted by Crippen LogP contribution is 2.23. The molecule has 0 radical (unpaired) electrons. The van der Waals surface area contributed by atoms with E-state index in [1.54, 1.807) is 12.3 Å². The van der Waals surface area contributed by atoms with E-state index in [1.165, 1.54) is 42.1 Å². The summed E-state index contributed by atoms with van der Waals surface area (Å²) in [6.07, 6.45) is 1.56. The van der Waals surface area contributed by atoms with Gasteiger partial charge in [0.25, 0.3) is 15.9 Å². The summed E-state index contributed by atoms with van der Waals surface area (Å²) >= 11 is 5.75. The smallest absolute Gasteiger partial charge is 0.285 e. The van der Waals surface area contributed by atoms with E-state index in [0.717, 1.165) is 5.56 Å². The SMILES string of the molecule is COc1ccc(C)cc1-n1ccc(C(=O)NS(=O)(=O)c2ccc(Cl)cc2)n1. The fraction of sp³-hybridized carbons (Fsp3) is 0.111. The van der Waals surface area contributed by atoms with Crippen LogP contribution in [0.4, 0.5) is 0 Å². The van der Waals surface area contributed by atoms with Crippen molar-refractivity contribution in [2.24, 2.45) is 0 Å². The van der Waals surface area contributed by atoms with Crippen LogP contribution in [0.3, 0.4) is 0 Å². The number of sulfonamides is 1. The molecule has 2 aromatic carbocycles. The summed E-state index contributed by atoms with van der Waals surface area (Å²) in [5.41, 5.74) is 1.57. The number of benzene rings is 2. The van der Waals surface area contributed by atoms with E-state index in [0.29, 0.717) is 16.5 Å². The summed E-state index contributed by atoms with van der Waals surface area (Å²) in [5, 5.41) is 4.56. The maximum atomic E-state index is 12.3. The highest BCUT2D eigenvalue weighted by atomic mass is 35.5. The number of aryl methyl sites for hydroxylation is 1. The molecule has 27 heavy (non-hydrogen) atoms. The van der Waals surface area contributed by atoms with Gasteiger partial charge in [-0.15, -0.1) is 0 Å². The van der Waals surface area contributed by atoms with Crippen LogP contribution in [0.5, 0.6) is 5.75 Å². The third kappa shape index (κ3) is 4.12. The van der Waals surface area contributed by atoms with E-state index in [4.69, 9.17) is 16.3 Å². The average molecular weight is 406 g/mol. The van der Waals surface area contributed by atoms with E-state index < -0.39 is 15.9 Å². The van der Waals surface area contributed by atoms with Gasteiger partial charge < -0.3 is 4.74 Å². The minimum absolute atomic E-state index is 0.0453. The second-order valence-electron chi connectivity index (χ2n) is 5.71. The maximum Gasteiger partial charge on any atom is 0.285 e. The molecule has 0 spiro atoms. The van der Waals surface area contributed by atoms with Gasteiger partial charge in [0.1, 0.15) is 11.4 Å². The molecule has 0 unspecified atom stereocenters. The van der Waals surface area contributed by atoms with Crippen molar-refractivity contribution in [1.29, 1.82) is 0 Å². The van der Waals surface area contributed by atoms with Gasteiger partial charge in [0, 0.05) is 11.2 Å². The summed E-state index contributed by atoms with van der Waals surface area (Å²) in [7, 11) is -2.50. The van der Waals surface area contributed by atoms with Crippen molar-refractivity contribution >= 4 is 27.5 Å². The standard InChI is InChI=1S/C18H16ClN3O4S/c1-12-3-8-17(26-2)16(11-12)22-10-9-15(20-22)18(23)21-27(24,25)14-6-4-13(19)5-7-14/h3-11H,1-2H3,(H,21,23). The summed E-state index contributed by atoms with van der Waals surface area (Å²) < 4.78 is 33.4. The van der Waals surface area contributed by atoms with Crippen LogP contribution in [0.2, 0.25) is 5.02 Å². The lowest BCUT2D eigenvalue weighted by atomic mass is 10.2. The van der Waals surface area contributed by atoms with Gasteiger partial charge in [-0.05, 0) is 55.0 Å². The third-order valence-electron chi connectivity index (χ3n) is 3.75. The van der Waals surface area contributed by atoms with Gasteiger partial charge in [0.15, 0.2) is 5.69 Å². The van der Waals surface area contributed by atoms with Crippen LogP contribution < -0.4 is 9.46 Å².